The lowest BCUT2D eigenvalue weighted by Crippen LogP contribution is -2.30. The standard InChI is InChI=1S/C93H144O17P2/c1-5-9-13-17-21-25-29-33-37-40-43-46-50-54-58-62-66-70-74-78-91(96)104-84-89(110-93(98)80-76-72-68-64-60-56-52-48-45-42-39-35-31-27-23-19-15-11-7-3)86-108-112(101,102)106-82-87(94)81-105-111(99,100)107-85-88(83-103-90(95)77-73-69-65-61-57-53-49-36-32-28-24-20-16-12-8-4)109-92(97)79-75-71-67-63-59-55-51-47-44-41-38-34-30-26-22-18-14-10-6-2/h9-11,13-15,21-28,33-39,43-49,54-56,58-60,66,68,70,72,87-89,94H,5-8,12,16-20,29-32,40-42,50-53,57,61-65,67,69,71,73-86H2,1-4H3,(H,99,100)(H,101,102)/b13-9-,14-10-,15-11-,25-21-,26-22-,27-23-,28-24-,37-33-,38-34-,39-35-,46-43-,47-44-,48-45-,49-36-,58-54-,59-55-,60-56-,70-66-,72-68-/t87-,88+,89+/m0/s1. The number of unbranched alkanes of at least 4 members (excludes halogenated alkanes) is 11. The fourth-order valence-electron chi connectivity index (χ4n) is 9.92. The molecule has 0 aromatic rings. The summed E-state index contributed by atoms with van der Waals surface area (Å²) in [5, 5.41) is 10.7. The first-order valence-electron chi connectivity index (χ1n) is 41.6. The fourth-order valence-corrected chi connectivity index (χ4v) is 11.5. The normalized spacial score (nSPS) is 15.0. The highest BCUT2D eigenvalue weighted by Crippen LogP contribution is 2.45. The van der Waals surface area contributed by atoms with Crippen LogP contribution in [0, 0.1) is 0 Å². The summed E-state index contributed by atoms with van der Waals surface area (Å²) in [6, 6.07) is 0. The van der Waals surface area contributed by atoms with Crippen LogP contribution in [0.3, 0.4) is 0 Å². The summed E-state index contributed by atoms with van der Waals surface area (Å²) in [7, 11) is -10.1. The maximum Gasteiger partial charge on any atom is 0.472 e. The van der Waals surface area contributed by atoms with Gasteiger partial charge in [-0.15, -0.1) is 0 Å². The van der Waals surface area contributed by atoms with E-state index in [-0.39, 0.29) is 25.7 Å². The van der Waals surface area contributed by atoms with Crippen LogP contribution in [0.4, 0.5) is 0 Å². The van der Waals surface area contributed by atoms with Crippen molar-refractivity contribution in [1.29, 1.82) is 0 Å². The van der Waals surface area contributed by atoms with E-state index in [0.717, 1.165) is 161 Å². The second-order valence-electron chi connectivity index (χ2n) is 26.6. The number of carbonyl (C=O) groups is 4. The number of phosphoric acid groups is 2. The van der Waals surface area contributed by atoms with E-state index in [0.29, 0.717) is 38.5 Å². The van der Waals surface area contributed by atoms with Crippen LogP contribution in [0.15, 0.2) is 231 Å². The van der Waals surface area contributed by atoms with Gasteiger partial charge in [0.2, 0.25) is 0 Å². The monoisotopic (exact) mass is 1590 g/mol. The van der Waals surface area contributed by atoms with E-state index in [2.05, 4.69) is 222 Å². The summed E-state index contributed by atoms with van der Waals surface area (Å²) in [5.41, 5.74) is 0. The van der Waals surface area contributed by atoms with E-state index in [4.69, 9.17) is 37.0 Å². The summed E-state index contributed by atoms with van der Waals surface area (Å²) in [4.78, 5) is 73.2. The maximum absolute atomic E-state index is 13.1. The SMILES string of the molecule is CC/C=C\C/C=C\C/C=C\C/C=C\C/C=C\C/C=C\CCC(=O)OC[C@H](COP(=O)(O)OC[C@@H](O)COP(=O)(O)OC[C@@H](COC(=O)CCCCCCC/C=C\C/C=C\CCCCC)OC(=O)CCCCC/C=C\C/C=C\C/C=C\C/C=C\C/C=C\CC)OC(=O)CC/C=C\C/C=C\C/C=C\C/C=C\C/C=C\C/C=C\CC. The van der Waals surface area contributed by atoms with E-state index in [1.807, 2.05) is 36.5 Å². The van der Waals surface area contributed by atoms with Crippen LogP contribution in [-0.4, -0.2) is 96.7 Å². The highest BCUT2D eigenvalue weighted by molar-refractivity contribution is 7.47. The summed E-state index contributed by atoms with van der Waals surface area (Å²) in [6.07, 6.45) is 106. The van der Waals surface area contributed by atoms with Gasteiger partial charge in [-0.3, -0.25) is 37.3 Å². The highest BCUT2D eigenvalue weighted by Gasteiger charge is 2.30. The number of aliphatic hydroxyl groups is 1. The molecule has 0 radical (unpaired) electrons. The van der Waals surface area contributed by atoms with Crippen LogP contribution in [0.2, 0.25) is 0 Å². The van der Waals surface area contributed by atoms with Gasteiger partial charge in [-0.1, -0.05) is 297 Å². The molecule has 0 saturated heterocycles. The van der Waals surface area contributed by atoms with Crippen molar-refractivity contribution in [3.05, 3.63) is 231 Å². The minimum atomic E-state index is -5.04. The third-order valence-corrected chi connectivity index (χ3v) is 18.0. The van der Waals surface area contributed by atoms with Gasteiger partial charge in [-0.25, -0.2) is 9.13 Å². The third kappa shape index (κ3) is 81.1. The summed E-state index contributed by atoms with van der Waals surface area (Å²) in [6.45, 7) is 4.24. The predicted octanol–water partition coefficient (Wildman–Crippen LogP) is 25.0. The maximum atomic E-state index is 13.1. The van der Waals surface area contributed by atoms with Gasteiger partial charge in [0.25, 0.3) is 0 Å². The van der Waals surface area contributed by atoms with Gasteiger partial charge in [-0.2, -0.15) is 0 Å². The van der Waals surface area contributed by atoms with Crippen molar-refractivity contribution >= 4 is 39.5 Å². The Morgan fingerprint density at radius 1 is 0.259 bits per heavy atom. The highest BCUT2D eigenvalue weighted by atomic mass is 31.2. The molecule has 19 heteroatoms. The molecule has 0 rings (SSSR count). The molecule has 0 aliphatic heterocycles. The van der Waals surface area contributed by atoms with Crippen LogP contribution in [0.25, 0.3) is 0 Å². The van der Waals surface area contributed by atoms with E-state index in [1.54, 1.807) is 0 Å². The van der Waals surface area contributed by atoms with Crippen LogP contribution < -0.4 is 0 Å². The first-order valence-corrected chi connectivity index (χ1v) is 44.6. The summed E-state index contributed by atoms with van der Waals surface area (Å²) >= 11 is 0. The molecule has 17 nitrogen and oxygen atoms in total. The lowest BCUT2D eigenvalue weighted by molar-refractivity contribution is -0.161. The molecule has 0 fully saturated rings. The molecule has 0 aliphatic carbocycles. The number of ether oxygens (including phenoxy) is 4. The van der Waals surface area contributed by atoms with Crippen molar-refractivity contribution in [2.75, 3.05) is 39.6 Å². The third-order valence-electron chi connectivity index (χ3n) is 16.1. The zero-order chi connectivity index (χ0) is 81.7. The molecule has 0 saturated carbocycles. The zero-order valence-electron chi connectivity index (χ0n) is 68.7. The van der Waals surface area contributed by atoms with Crippen LogP contribution in [0.1, 0.15) is 272 Å². The number of hydrogen-bond donors (Lipinski definition) is 3. The molecule has 0 amide bonds. The molecule has 0 aromatic carbocycles. The molecule has 2 unspecified atom stereocenters. The molecule has 0 aromatic heterocycles. The first kappa shape index (κ1) is 105. The Morgan fingerprint density at radius 3 is 0.795 bits per heavy atom. The molecule has 112 heavy (non-hydrogen) atoms. The number of allylic oxidation sites excluding steroid dienone is 38. The van der Waals surface area contributed by atoms with Gasteiger partial charge in [-0.05, 0) is 180 Å². The number of phosphoric ester groups is 2. The molecule has 0 bridgehead atoms. The van der Waals surface area contributed by atoms with E-state index < -0.39 is 97.5 Å². The predicted molar refractivity (Wildman–Crippen MR) is 463 cm³/mol. The quantitative estimate of drug-likeness (QED) is 0.0169. The van der Waals surface area contributed by atoms with Crippen molar-refractivity contribution in [1.82, 2.24) is 0 Å². The van der Waals surface area contributed by atoms with Gasteiger partial charge < -0.3 is 33.8 Å². The molecule has 628 valence electrons. The minimum absolute atomic E-state index is 0.00882. The van der Waals surface area contributed by atoms with Gasteiger partial charge in [0, 0.05) is 25.7 Å². The molecular weight excluding hydrogens is 1450 g/mol. The lowest BCUT2D eigenvalue weighted by atomic mass is 10.1. The average molecular weight is 1600 g/mol. The van der Waals surface area contributed by atoms with Crippen molar-refractivity contribution in [3.8, 4) is 0 Å². The van der Waals surface area contributed by atoms with Crippen LogP contribution in [-0.2, 0) is 65.4 Å². The van der Waals surface area contributed by atoms with Crippen LogP contribution in [0.5, 0.6) is 0 Å². The Labute approximate surface area is 676 Å². The average Bonchev–Trinajstić information content (AvgIpc) is 0.908. The van der Waals surface area contributed by atoms with Crippen molar-refractivity contribution < 1.29 is 80.2 Å². The van der Waals surface area contributed by atoms with E-state index in [1.165, 1.54) is 19.3 Å². The molecule has 0 spiro atoms. The summed E-state index contributed by atoms with van der Waals surface area (Å²) < 4.78 is 68.5. The Hall–Kier alpha value is -6.88. The number of carbonyl (C=O) groups excluding carboxylic acids is 4. The van der Waals surface area contributed by atoms with Crippen LogP contribution >= 0.6 is 15.6 Å². The molecule has 0 aliphatic rings. The Morgan fingerprint density at radius 2 is 0.482 bits per heavy atom. The molecule has 0 heterocycles. The molecule has 5 atom stereocenters. The minimum Gasteiger partial charge on any atom is -0.462 e. The van der Waals surface area contributed by atoms with Crippen molar-refractivity contribution in [3.63, 3.8) is 0 Å². The zero-order valence-corrected chi connectivity index (χ0v) is 70.5. The Balaban J connectivity index is 5.60. The topological polar surface area (TPSA) is 237 Å². The molecular formula is C93H144O17P2. The van der Waals surface area contributed by atoms with Crippen molar-refractivity contribution in [2.45, 2.75) is 290 Å². The first-order chi connectivity index (χ1) is 54.7. The second-order valence-corrected chi connectivity index (χ2v) is 29.5. The van der Waals surface area contributed by atoms with E-state index >= 15 is 0 Å². The number of aliphatic hydroxyl groups excluding tert-OH is 1. The van der Waals surface area contributed by atoms with Crippen molar-refractivity contribution in [2.24, 2.45) is 0 Å². The Bertz CT molecular complexity index is 3040. The summed E-state index contributed by atoms with van der Waals surface area (Å²) in [5.74, 6) is -2.45. The van der Waals surface area contributed by atoms with Gasteiger partial charge in [0.15, 0.2) is 12.2 Å². The number of rotatable bonds is 75. The largest absolute Gasteiger partial charge is 0.472 e. The van der Waals surface area contributed by atoms with Gasteiger partial charge in [0.05, 0.1) is 26.4 Å². The smallest absolute Gasteiger partial charge is 0.462 e. The second kappa shape index (κ2) is 82.1. The number of hydrogen-bond acceptors (Lipinski definition) is 15. The van der Waals surface area contributed by atoms with Gasteiger partial charge in [0.1, 0.15) is 19.3 Å². The number of esters is 4. The fraction of sp³-hybridized carbons (Fsp3) is 0.548. The van der Waals surface area contributed by atoms with Gasteiger partial charge >= 0.3 is 39.5 Å². The lowest BCUT2D eigenvalue weighted by Gasteiger charge is -2.21. The van der Waals surface area contributed by atoms with E-state index in [9.17, 15) is 43.2 Å². The Kier molecular flexibility index (Phi) is 77.1. The molecule has 3 N–H and O–H groups in total.